The molecule has 764 valence electrons. The summed E-state index contributed by atoms with van der Waals surface area (Å²) >= 11 is -5.91. The number of likely N-dealkylation sites (N-methyl/N-ethyl adjacent to an activating group) is 1. The molecule has 10 aromatic carbocycles. The summed E-state index contributed by atoms with van der Waals surface area (Å²) in [6.07, 6.45) is 0.129. The van der Waals surface area contributed by atoms with Crippen LogP contribution >= 0.6 is 58.1 Å². The van der Waals surface area contributed by atoms with Crippen LogP contribution in [-0.4, -0.2) is 102 Å². The van der Waals surface area contributed by atoms with Gasteiger partial charge >= 0.3 is 392 Å². The second-order valence-electron chi connectivity index (χ2n) is 39.2. The number of ether oxygens (including phenoxy) is 3. The van der Waals surface area contributed by atoms with E-state index in [1.54, 1.807) is 59.0 Å². The van der Waals surface area contributed by atoms with E-state index in [4.69, 9.17) is 72.4 Å². The minimum atomic E-state index is -2.09. The number of aryl methyl sites for hydroxylation is 6. The molecule has 0 aromatic heterocycles. The second kappa shape index (κ2) is 51.7. The molecule has 141 heavy (non-hydrogen) atoms. The zero-order chi connectivity index (χ0) is 103. The minimum absolute atomic E-state index is 0.0203. The predicted octanol–water partition coefficient (Wildman–Crippen LogP) is 30.1. The number of nitrogens with one attached hydrogen (secondary N) is 1. The number of hydrogen-bond donors (Lipinski definition) is 1. The van der Waals surface area contributed by atoms with Gasteiger partial charge in [0.25, 0.3) is 0 Å². The van der Waals surface area contributed by atoms with Crippen molar-refractivity contribution < 1.29 is 73.9 Å². The topological polar surface area (TPSA) is 134 Å². The first-order valence-corrected chi connectivity index (χ1v) is 65.6. The molecule has 25 heteroatoms. The summed E-state index contributed by atoms with van der Waals surface area (Å²) in [5.74, 6) is 5.08. The van der Waals surface area contributed by atoms with Gasteiger partial charge in [0.05, 0.1) is 0 Å². The summed E-state index contributed by atoms with van der Waals surface area (Å²) in [5.41, 5.74) is 32.9. The Labute approximate surface area is 880 Å². The third-order valence-electron chi connectivity index (χ3n) is 26.0. The number of carbonyl (C=O) groups excluding carboxylic acids is 4. The van der Waals surface area contributed by atoms with Gasteiger partial charge in [-0.2, -0.15) is 20.0 Å². The number of imide groups is 1. The van der Waals surface area contributed by atoms with E-state index >= 15 is 0 Å². The van der Waals surface area contributed by atoms with Gasteiger partial charge in [-0.15, -0.1) is 0 Å². The number of amides is 4. The summed E-state index contributed by atoms with van der Waals surface area (Å²) in [5, 5.41) is 2.82. The molecule has 0 spiro atoms. The minimum Gasteiger partial charge on any atom is -0.502 e. The van der Waals surface area contributed by atoms with E-state index in [9.17, 15) is 19.2 Å². The number of halogens is 6. The van der Waals surface area contributed by atoms with Crippen LogP contribution in [0, 0.1) is 61.5 Å². The SMILES string of the molecule is CC(C)c1cccc(C(C)C)c1N1[CH-]N(c2c(C(C)C)cccc2C(C)C)CC1.CC(C)c1cccc(C(C)C)c1N1[CH-]N(c2c(C(C)C)cccc2C(C)C)CC1.CCC1Oc2c([CH]=[Ru]([Cl])[Cl])cccc2N(C(=O)c2ccccc2)C1=O.CCC1Oc2c([CH]=[Ru]([Cl])[Cl])cccc2N(C)C1=O.CCC1Oc2c([CH]=[Ru]([Cl])[Cl])cccc2NC1=O.Cc1cc(C)c(N2[CH-]N(c3c(C)cc(C)cc3C)CC2)c(C)c1. The molecule has 3 atom stereocenters. The monoisotopic (exact) mass is 2290 g/mol. The van der Waals surface area contributed by atoms with Crippen LogP contribution in [0.1, 0.15) is 303 Å². The molecule has 16 rings (SSSR count). The molecule has 1 N–H and O–H groups in total. The Kier molecular flexibility index (Phi) is 41.4. The van der Waals surface area contributed by atoms with Crippen LogP contribution in [0.2, 0.25) is 0 Å². The molecular weight excluding hydrogens is 2150 g/mol. The van der Waals surface area contributed by atoms with Crippen LogP contribution in [0.25, 0.3) is 0 Å². The number of para-hydroxylation sites is 7. The van der Waals surface area contributed by atoms with Crippen LogP contribution in [0.4, 0.5) is 51.2 Å². The quantitative estimate of drug-likeness (QED) is 0.0416. The van der Waals surface area contributed by atoms with Crippen LogP contribution < -0.4 is 58.7 Å². The Morgan fingerprint density at radius 3 is 0.929 bits per heavy atom. The van der Waals surface area contributed by atoms with Gasteiger partial charge in [0.15, 0.2) is 0 Å². The van der Waals surface area contributed by atoms with Crippen molar-refractivity contribution in [1.29, 1.82) is 0 Å². The van der Waals surface area contributed by atoms with Crippen molar-refractivity contribution >= 4 is 147 Å². The summed E-state index contributed by atoms with van der Waals surface area (Å²) in [6.45, 7) is 69.0. The molecule has 6 aliphatic heterocycles. The first-order valence-electron chi connectivity index (χ1n) is 49.2. The zero-order valence-corrected chi connectivity index (χ0v) is 96.5. The molecule has 4 amide bonds. The maximum Gasteiger partial charge on any atom is 0.0146 e. The number of carbonyl (C=O) groups is 4. The van der Waals surface area contributed by atoms with Crippen LogP contribution in [-0.2, 0) is 54.9 Å². The first kappa shape index (κ1) is 113. The van der Waals surface area contributed by atoms with Crippen LogP contribution in [0.15, 0.2) is 182 Å². The van der Waals surface area contributed by atoms with Crippen molar-refractivity contribution in [2.24, 2.45) is 0 Å². The maximum absolute atomic E-state index is 13.0. The largest absolute Gasteiger partial charge is 0.502 e. The van der Waals surface area contributed by atoms with Crippen molar-refractivity contribution in [3.63, 3.8) is 0 Å². The first-order chi connectivity index (χ1) is 67.0. The Hall–Kier alpha value is -8.30. The van der Waals surface area contributed by atoms with E-state index in [1.165, 1.54) is 117 Å². The number of hydrogen-bond acceptors (Lipinski definition) is 13. The Bertz CT molecular complexity index is 5680. The number of nitrogens with zero attached hydrogens (tertiary/aromatic N) is 8. The zero-order valence-electron chi connectivity index (χ0n) is 86.8. The molecule has 0 bridgehead atoms. The van der Waals surface area contributed by atoms with Crippen molar-refractivity contribution in [3.05, 3.63) is 302 Å². The van der Waals surface area contributed by atoms with E-state index in [0.717, 1.165) is 56.1 Å². The van der Waals surface area contributed by atoms with Crippen molar-refractivity contribution in [1.82, 2.24) is 0 Å². The van der Waals surface area contributed by atoms with Gasteiger partial charge < -0.3 is 29.4 Å². The Morgan fingerprint density at radius 2 is 0.624 bits per heavy atom. The van der Waals surface area contributed by atoms with Gasteiger partial charge in [0, 0.05) is 73.4 Å². The molecule has 6 aliphatic rings. The molecule has 10 aromatic rings. The fourth-order valence-electron chi connectivity index (χ4n) is 19.3. The molecule has 3 saturated heterocycles. The van der Waals surface area contributed by atoms with Gasteiger partial charge in [0.1, 0.15) is 0 Å². The van der Waals surface area contributed by atoms with Gasteiger partial charge in [-0.05, 0) is 156 Å². The normalized spacial score (nSPS) is 16.2. The third-order valence-corrected chi connectivity index (χ3v) is 31.5. The molecule has 3 fully saturated rings. The Balaban J connectivity index is 0.000000163. The maximum atomic E-state index is 13.0. The molecule has 6 heterocycles. The fourth-order valence-corrected chi connectivity index (χ4v) is 24.7. The summed E-state index contributed by atoms with van der Waals surface area (Å²) in [6, 6.07) is 61.6. The Morgan fingerprint density at radius 1 is 0.355 bits per heavy atom. The third kappa shape index (κ3) is 27.7. The smallest absolute Gasteiger partial charge is 0.0146 e. The molecule has 0 aliphatic carbocycles. The van der Waals surface area contributed by atoms with Gasteiger partial charge in [-0.25, -0.2) is 0 Å². The summed E-state index contributed by atoms with van der Waals surface area (Å²) < 4.78 is 22.7. The van der Waals surface area contributed by atoms with E-state index in [-0.39, 0.29) is 23.6 Å². The van der Waals surface area contributed by atoms with E-state index in [1.807, 2.05) is 72.5 Å². The van der Waals surface area contributed by atoms with Crippen molar-refractivity contribution in [3.8, 4) is 17.2 Å². The van der Waals surface area contributed by atoms with E-state index in [0.29, 0.717) is 106 Å². The molecule has 0 radical (unpaired) electrons. The summed E-state index contributed by atoms with van der Waals surface area (Å²) in [7, 11) is 37.3. The van der Waals surface area contributed by atoms with E-state index in [2.05, 4.69) is 304 Å². The molecule has 16 nitrogen and oxygen atoms in total. The van der Waals surface area contributed by atoms with Crippen molar-refractivity contribution in [2.45, 2.75) is 258 Å². The fraction of sp³-hybridized carbons (Fsp3) is 0.397. The molecule has 3 unspecified atom stereocenters. The van der Waals surface area contributed by atoms with Crippen LogP contribution in [0.5, 0.6) is 17.2 Å². The number of rotatable bonds is 21. The van der Waals surface area contributed by atoms with Gasteiger partial charge in [-0.3, -0.25) is 0 Å². The van der Waals surface area contributed by atoms with Gasteiger partial charge in [0.2, 0.25) is 0 Å². The number of fused-ring (bicyclic) bond motifs is 3. The average molecular weight is 2290 g/mol. The standard InChI is InChI=1S/2C27H39N2.C21H27N2.C18H15NO3.C12H13NO2.C11H11NO2.6ClH.3Ru/c2*1-18(2)22-11-9-12-23(19(3)4)26(22)28-15-16-29(17-28)27-24(20(5)6)13-10-14-25(27)21(7)8;1-14-9-16(3)20(17(4)10-14)22-7-8-23(13-22)21-18(5)11-15(2)12-19(21)6;1-3-15-18(21)19(17(20)13-9-5-4-6-10-13)14-11-7-8-12(2)16(14)22-15;1-4-10-12(14)13(3)9-7-5-6-8(2)11(9)15-10;1-3-9-11(13)12-8-6-4-5-7(2)10(8)14-9;;;;;;;;;/h2*9-14,17-21H,15-16H2,1-8H3;9-13H,7-8H2,1-6H3;2,4-11,15H,3H2,1H3;2,5-7,10H,4H2,1,3H3;2,4-6,9H,3H2,1H3,(H,12,13);6*1H;;;/q3*-1;;;;;;;;;;3*+2/p-6. The average Bonchev–Trinajstić information content (AvgIpc) is 1.51. The van der Waals surface area contributed by atoms with E-state index < -0.39 is 58.9 Å². The molecular formula is C116H144Cl6N9O7Ru3-3. The molecule has 0 saturated carbocycles. The number of anilines is 9. The van der Waals surface area contributed by atoms with Crippen LogP contribution in [0.3, 0.4) is 0 Å². The second-order valence-corrected chi connectivity index (χ2v) is 56.4. The predicted molar refractivity (Wildman–Crippen MR) is 591 cm³/mol. The van der Waals surface area contributed by atoms with Crippen molar-refractivity contribution in [2.75, 3.05) is 90.8 Å². The number of benzene rings is 10. The van der Waals surface area contributed by atoms with Gasteiger partial charge in [-0.1, -0.05) is 219 Å². The summed E-state index contributed by atoms with van der Waals surface area (Å²) in [4.78, 5) is 67.0.